The Hall–Kier alpha value is -3.24. The molecule has 5 nitrogen and oxygen atoms in total. The zero-order valence-corrected chi connectivity index (χ0v) is 58.1. The molecular weight excluding hydrogens is 1050 g/mol. The standard InChI is InChI=1S/2C29H41N2.C6H18OSi2.C4H8.2Cr/c2*1-18(2)24-13-11-14-25(19(3)4)28(24)30-22(9)17-23(10)31-29-26(20(5)6)15-12-16-27(29)21(7)8;1-8(2,3)7-9(4,5)6;1-3-4-2;;/h2*11-21H,1-10H3;1-6H3;1-4H2;;/q2*-1;;-2;2*+2/b2*22-17-,31-23?;;;;. The summed E-state index contributed by atoms with van der Waals surface area (Å²) in [5.41, 5.74) is 18.9. The number of unbranched alkanes of at least 4 members (excludes halogenated alkanes) is 1. The molecule has 9 heteroatoms. The molecule has 0 amide bonds. The second-order valence-corrected chi connectivity index (χ2v) is 34.0. The zero-order valence-electron chi connectivity index (χ0n) is 53.5. The maximum atomic E-state index is 5.90. The molecule has 0 radical (unpaired) electrons. The van der Waals surface area contributed by atoms with E-state index in [0.717, 1.165) is 58.4 Å². The fraction of sp³-hybridized carbons (Fsp3) is 0.529. The summed E-state index contributed by atoms with van der Waals surface area (Å²) >= 11 is 0. The Morgan fingerprint density at radius 2 is 0.597 bits per heavy atom. The van der Waals surface area contributed by atoms with Gasteiger partial charge in [-0.3, -0.25) is 9.98 Å². The smallest absolute Gasteiger partial charge is 0.661 e. The molecule has 4 aromatic carbocycles. The van der Waals surface area contributed by atoms with Gasteiger partial charge >= 0.3 is 34.7 Å². The zero-order chi connectivity index (χ0) is 57.7. The van der Waals surface area contributed by atoms with E-state index in [1.807, 2.05) is 0 Å². The number of aliphatic imine (C=N–C) groups is 2. The van der Waals surface area contributed by atoms with Crippen molar-refractivity contribution in [1.29, 1.82) is 0 Å². The molecule has 426 valence electrons. The van der Waals surface area contributed by atoms with Gasteiger partial charge in [-0.25, -0.2) is 12.8 Å². The Bertz CT molecular complexity index is 2200. The van der Waals surface area contributed by atoms with Gasteiger partial charge in [0, 0.05) is 11.4 Å². The minimum absolute atomic E-state index is 0. The van der Waals surface area contributed by atoms with Crippen molar-refractivity contribution in [3.8, 4) is 0 Å². The van der Waals surface area contributed by atoms with Crippen LogP contribution >= 0.6 is 0 Å². The van der Waals surface area contributed by atoms with Gasteiger partial charge in [0.15, 0.2) is 16.6 Å². The third-order valence-electron chi connectivity index (χ3n) is 12.2. The number of hydrogen-bond acceptors (Lipinski definition) is 3. The molecule has 0 N–H and O–H groups in total. The summed E-state index contributed by atoms with van der Waals surface area (Å²) in [4.78, 5) is 10.2. The molecule has 4 rings (SSSR count). The number of hydrogen-bond donors (Lipinski definition) is 0. The molecule has 0 aliphatic rings. The predicted molar refractivity (Wildman–Crippen MR) is 345 cm³/mol. The van der Waals surface area contributed by atoms with Crippen molar-refractivity contribution >= 4 is 50.8 Å². The van der Waals surface area contributed by atoms with E-state index in [1.54, 1.807) is 0 Å². The monoisotopic (exact) mass is 1160 g/mol. The van der Waals surface area contributed by atoms with Crippen molar-refractivity contribution < 1.29 is 38.8 Å². The molecule has 0 atom stereocenters. The second kappa shape index (κ2) is 36.2. The van der Waals surface area contributed by atoms with Crippen molar-refractivity contribution in [3.63, 3.8) is 0 Å². The average Bonchev–Trinajstić information content (AvgIpc) is 3.27. The van der Waals surface area contributed by atoms with E-state index >= 15 is 0 Å². The third-order valence-corrected chi connectivity index (χ3v) is 17.1. The van der Waals surface area contributed by atoms with Gasteiger partial charge in [-0.1, -0.05) is 232 Å². The fourth-order valence-electron chi connectivity index (χ4n) is 8.92. The summed E-state index contributed by atoms with van der Waals surface area (Å²) in [7, 11) is -2.46. The van der Waals surface area contributed by atoms with Crippen LogP contribution in [0.3, 0.4) is 0 Å². The van der Waals surface area contributed by atoms with Gasteiger partial charge in [0.05, 0.1) is 11.4 Å². The second-order valence-electron chi connectivity index (χ2n) is 24.7. The Morgan fingerprint density at radius 3 is 0.753 bits per heavy atom. The Balaban J connectivity index is 0. The summed E-state index contributed by atoms with van der Waals surface area (Å²) in [5.74, 6) is 3.49. The number of benzene rings is 4. The first-order valence-corrected chi connectivity index (χ1v) is 35.2. The molecule has 0 spiro atoms. The van der Waals surface area contributed by atoms with Gasteiger partial charge in [-0.05, 0) is 123 Å². The largest absolute Gasteiger partial charge is 2.00 e. The van der Waals surface area contributed by atoms with Crippen LogP contribution in [0.25, 0.3) is 10.6 Å². The molecule has 0 unspecified atom stereocenters. The van der Waals surface area contributed by atoms with E-state index in [-0.39, 0.29) is 34.7 Å². The average molecular weight is 1160 g/mol. The van der Waals surface area contributed by atoms with E-state index < -0.39 is 16.6 Å². The van der Waals surface area contributed by atoms with Gasteiger partial charge in [0.1, 0.15) is 0 Å². The van der Waals surface area contributed by atoms with Gasteiger partial charge in [-0.15, -0.1) is 11.4 Å². The van der Waals surface area contributed by atoms with E-state index in [9.17, 15) is 0 Å². The molecule has 0 bridgehead atoms. The first-order chi connectivity index (χ1) is 34.7. The van der Waals surface area contributed by atoms with Crippen molar-refractivity contribution in [2.24, 2.45) is 9.98 Å². The van der Waals surface area contributed by atoms with Gasteiger partial charge in [-0.2, -0.15) is 11.4 Å². The maximum Gasteiger partial charge on any atom is 2.00 e. The summed E-state index contributed by atoms with van der Waals surface area (Å²) in [6, 6.07) is 26.3. The first-order valence-electron chi connectivity index (χ1n) is 28.4. The van der Waals surface area contributed by atoms with Crippen LogP contribution in [0.15, 0.2) is 106 Å². The van der Waals surface area contributed by atoms with Crippen LogP contribution in [0, 0.1) is 13.8 Å². The molecule has 0 aliphatic carbocycles. The number of nitrogens with zero attached hydrogens (tertiary/aromatic N) is 4. The quantitative estimate of drug-likeness (QED) is 0.0524. The Kier molecular flexibility index (Phi) is 35.6. The van der Waals surface area contributed by atoms with Crippen LogP contribution in [0.5, 0.6) is 0 Å². The fourth-order valence-corrected chi connectivity index (χ4v) is 16.3. The third kappa shape index (κ3) is 27.2. The van der Waals surface area contributed by atoms with Crippen LogP contribution in [0.4, 0.5) is 22.7 Å². The van der Waals surface area contributed by atoms with Crippen molar-refractivity contribution in [1.82, 2.24) is 0 Å². The summed E-state index contributed by atoms with van der Waals surface area (Å²) < 4.78 is 5.90. The van der Waals surface area contributed by atoms with Crippen LogP contribution in [-0.2, 0) is 38.8 Å². The molecule has 0 saturated carbocycles. The van der Waals surface area contributed by atoms with Gasteiger partial charge in [0.2, 0.25) is 0 Å². The van der Waals surface area contributed by atoms with Gasteiger partial charge in [0.25, 0.3) is 0 Å². The van der Waals surface area contributed by atoms with Gasteiger partial charge < -0.3 is 28.6 Å². The molecule has 0 fully saturated rings. The molecule has 0 aliphatic heterocycles. The van der Waals surface area contributed by atoms with E-state index in [0.29, 0.717) is 47.3 Å². The molecular formula is C68H108Cr2N4OSi2. The van der Waals surface area contributed by atoms with Crippen LogP contribution in [0.2, 0.25) is 39.3 Å². The molecule has 0 aromatic heterocycles. The van der Waals surface area contributed by atoms with E-state index in [1.165, 1.54) is 44.5 Å². The van der Waals surface area contributed by atoms with Crippen LogP contribution in [0.1, 0.15) is 243 Å². The number of rotatable bonds is 19. The van der Waals surface area contributed by atoms with Crippen molar-refractivity contribution in [2.75, 3.05) is 0 Å². The molecule has 0 heterocycles. The maximum absolute atomic E-state index is 5.90. The minimum Gasteiger partial charge on any atom is -0.661 e. The summed E-state index contributed by atoms with van der Waals surface area (Å²) in [6.07, 6.45) is 6.14. The first kappa shape index (κ1) is 75.8. The number of para-hydroxylation sites is 4. The molecule has 4 aromatic rings. The number of allylic oxidation sites excluding steroid dienone is 4. The van der Waals surface area contributed by atoms with E-state index in [4.69, 9.17) is 24.7 Å². The normalized spacial score (nSPS) is 12.6. The van der Waals surface area contributed by atoms with Crippen LogP contribution < -0.4 is 0 Å². The van der Waals surface area contributed by atoms with Crippen molar-refractivity contribution in [3.05, 3.63) is 165 Å². The van der Waals surface area contributed by atoms with E-state index in [2.05, 4.69) is 277 Å². The SMILES string of the molecule is CC(/C=C(/C)[N-]c1c(C(C)C)cccc1C(C)C)=Nc1c(C(C)C)cccc1C(C)C.CC(/C=C(/C)[N-]c1c(C(C)C)cccc1C(C)C)=Nc1c(C(C)C)cccc1C(C)C.C[Si](C)(C)O[Si](C)(C)C.[CH2-]CC[CH2-].[Cr+2].[Cr+2]. The minimum atomic E-state index is -1.23. The van der Waals surface area contributed by atoms with Crippen LogP contribution in [-0.4, -0.2) is 28.1 Å². The predicted octanol–water partition coefficient (Wildman–Crippen LogP) is 23.9. The van der Waals surface area contributed by atoms with Crippen molar-refractivity contribution in [2.45, 2.75) is 238 Å². The Morgan fingerprint density at radius 1 is 0.403 bits per heavy atom. The molecule has 77 heavy (non-hydrogen) atoms. The Labute approximate surface area is 499 Å². The summed E-state index contributed by atoms with van der Waals surface area (Å²) in [6.45, 7) is 64.6. The summed E-state index contributed by atoms with van der Waals surface area (Å²) in [5, 5.41) is 10.2. The topological polar surface area (TPSA) is 62.2 Å². The molecule has 0 saturated heterocycles.